The van der Waals surface area contributed by atoms with Gasteiger partial charge in [-0.25, -0.2) is 0 Å². The highest BCUT2D eigenvalue weighted by Crippen LogP contribution is 2.13. The third-order valence-corrected chi connectivity index (χ3v) is 3.26. The van der Waals surface area contributed by atoms with Crippen molar-refractivity contribution < 1.29 is 4.79 Å². The molecular formula is C12H16ClN3O. The second-order valence-electron chi connectivity index (χ2n) is 4.19. The van der Waals surface area contributed by atoms with Crippen molar-refractivity contribution in [3.63, 3.8) is 0 Å². The molecule has 1 aliphatic heterocycles. The lowest BCUT2D eigenvalue weighted by Crippen LogP contribution is -2.30. The maximum atomic E-state index is 11.8. The number of carbonyl (C=O) groups excluding carboxylic acids is 1. The fraction of sp³-hybridized carbons (Fsp3) is 0.500. The molecule has 0 radical (unpaired) electrons. The molecule has 0 saturated carbocycles. The Morgan fingerprint density at radius 2 is 2.53 bits per heavy atom. The van der Waals surface area contributed by atoms with Gasteiger partial charge < -0.3 is 10.6 Å². The number of hydrogen-bond donors (Lipinski definition) is 2. The van der Waals surface area contributed by atoms with E-state index in [9.17, 15) is 4.79 Å². The Hall–Kier alpha value is -1.13. The molecule has 0 spiro atoms. The number of aromatic nitrogens is 1. The molecule has 1 amide bonds. The van der Waals surface area contributed by atoms with Crippen molar-refractivity contribution in [3.8, 4) is 0 Å². The Kier molecular flexibility index (Phi) is 4.34. The summed E-state index contributed by atoms with van der Waals surface area (Å²) >= 11 is 5.89. The van der Waals surface area contributed by atoms with Crippen LogP contribution in [0.2, 0.25) is 5.02 Å². The summed E-state index contributed by atoms with van der Waals surface area (Å²) in [6.07, 6.45) is 6.45. The Labute approximate surface area is 106 Å². The Bertz CT molecular complexity index is 391. The van der Waals surface area contributed by atoms with Gasteiger partial charge in [-0.05, 0) is 31.9 Å². The van der Waals surface area contributed by atoms with Gasteiger partial charge in [0.15, 0.2) is 0 Å². The van der Waals surface area contributed by atoms with Crippen molar-refractivity contribution in [1.29, 1.82) is 0 Å². The van der Waals surface area contributed by atoms with Gasteiger partial charge in [0, 0.05) is 25.0 Å². The van der Waals surface area contributed by atoms with Crippen LogP contribution in [-0.2, 0) is 0 Å². The molecule has 1 aromatic heterocycles. The molecule has 0 aliphatic carbocycles. The molecule has 92 valence electrons. The number of carbonyl (C=O) groups is 1. The highest BCUT2D eigenvalue weighted by atomic mass is 35.5. The first-order valence-electron chi connectivity index (χ1n) is 5.88. The number of nitrogens with one attached hydrogen (secondary N) is 2. The Balaban J connectivity index is 1.79. The standard InChI is InChI=1S/C12H16ClN3O/c13-11-8-14-6-4-10(11)12(17)16-7-3-9-2-1-5-15-9/h4,6,8-9,15H,1-3,5,7H2,(H,16,17)/t9-/m1/s1. The van der Waals surface area contributed by atoms with Crippen LogP contribution in [0, 0.1) is 0 Å². The number of amides is 1. The molecule has 4 nitrogen and oxygen atoms in total. The van der Waals surface area contributed by atoms with Crippen LogP contribution in [-0.4, -0.2) is 30.0 Å². The summed E-state index contributed by atoms with van der Waals surface area (Å²) in [6, 6.07) is 2.18. The van der Waals surface area contributed by atoms with Gasteiger partial charge in [-0.2, -0.15) is 0 Å². The molecule has 1 atom stereocenters. The van der Waals surface area contributed by atoms with Gasteiger partial charge in [-0.1, -0.05) is 11.6 Å². The third-order valence-electron chi connectivity index (χ3n) is 2.96. The van der Waals surface area contributed by atoms with E-state index in [0.29, 0.717) is 23.2 Å². The first-order chi connectivity index (χ1) is 8.27. The van der Waals surface area contributed by atoms with Crippen LogP contribution >= 0.6 is 11.6 Å². The van der Waals surface area contributed by atoms with Gasteiger partial charge in [0.2, 0.25) is 0 Å². The van der Waals surface area contributed by atoms with Crippen LogP contribution in [0.15, 0.2) is 18.5 Å². The number of pyridine rings is 1. The molecular weight excluding hydrogens is 238 g/mol. The van der Waals surface area contributed by atoms with Crippen LogP contribution in [0.5, 0.6) is 0 Å². The van der Waals surface area contributed by atoms with Crippen molar-refractivity contribution in [2.45, 2.75) is 25.3 Å². The number of nitrogens with zero attached hydrogens (tertiary/aromatic N) is 1. The summed E-state index contributed by atoms with van der Waals surface area (Å²) in [5.41, 5.74) is 0.487. The molecule has 1 saturated heterocycles. The molecule has 1 fully saturated rings. The number of halogens is 1. The largest absolute Gasteiger partial charge is 0.352 e. The fourth-order valence-electron chi connectivity index (χ4n) is 2.02. The lowest BCUT2D eigenvalue weighted by molar-refractivity contribution is 0.0952. The van der Waals surface area contributed by atoms with Gasteiger partial charge in [0.05, 0.1) is 10.6 Å². The monoisotopic (exact) mass is 253 g/mol. The van der Waals surface area contributed by atoms with Crippen molar-refractivity contribution >= 4 is 17.5 Å². The highest BCUT2D eigenvalue weighted by molar-refractivity contribution is 6.33. The van der Waals surface area contributed by atoms with Crippen molar-refractivity contribution in [3.05, 3.63) is 29.0 Å². The normalized spacial score (nSPS) is 19.2. The van der Waals surface area contributed by atoms with Gasteiger partial charge in [0.25, 0.3) is 5.91 Å². The van der Waals surface area contributed by atoms with Gasteiger partial charge >= 0.3 is 0 Å². The van der Waals surface area contributed by atoms with E-state index in [1.807, 2.05) is 0 Å². The molecule has 5 heteroatoms. The Morgan fingerprint density at radius 1 is 1.65 bits per heavy atom. The predicted octanol–water partition coefficient (Wildman–Crippen LogP) is 1.61. The summed E-state index contributed by atoms with van der Waals surface area (Å²) in [4.78, 5) is 15.6. The van der Waals surface area contributed by atoms with Crippen molar-refractivity contribution in [2.75, 3.05) is 13.1 Å². The summed E-state index contributed by atoms with van der Waals surface area (Å²) < 4.78 is 0. The third kappa shape index (κ3) is 3.41. The van der Waals surface area contributed by atoms with Crippen LogP contribution in [0.25, 0.3) is 0 Å². The van der Waals surface area contributed by atoms with E-state index in [1.54, 1.807) is 12.3 Å². The van der Waals surface area contributed by atoms with Gasteiger partial charge in [-0.15, -0.1) is 0 Å². The van der Waals surface area contributed by atoms with Crippen molar-refractivity contribution in [1.82, 2.24) is 15.6 Å². The van der Waals surface area contributed by atoms with Crippen molar-refractivity contribution in [2.24, 2.45) is 0 Å². The average molecular weight is 254 g/mol. The first-order valence-corrected chi connectivity index (χ1v) is 6.26. The lowest BCUT2D eigenvalue weighted by atomic mass is 10.1. The van der Waals surface area contributed by atoms with E-state index < -0.39 is 0 Å². The summed E-state index contributed by atoms with van der Waals surface area (Å²) in [5, 5.41) is 6.66. The zero-order valence-corrected chi connectivity index (χ0v) is 10.3. The number of hydrogen-bond acceptors (Lipinski definition) is 3. The van der Waals surface area contributed by atoms with E-state index >= 15 is 0 Å². The van der Waals surface area contributed by atoms with Crippen LogP contribution in [0.1, 0.15) is 29.6 Å². The Morgan fingerprint density at radius 3 is 3.24 bits per heavy atom. The summed E-state index contributed by atoms with van der Waals surface area (Å²) in [6.45, 7) is 1.77. The van der Waals surface area contributed by atoms with E-state index in [4.69, 9.17) is 11.6 Å². The molecule has 2 N–H and O–H groups in total. The summed E-state index contributed by atoms with van der Waals surface area (Å²) in [5.74, 6) is -0.129. The second kappa shape index (κ2) is 5.98. The summed E-state index contributed by atoms with van der Waals surface area (Å²) in [7, 11) is 0. The van der Waals surface area contributed by atoms with E-state index in [-0.39, 0.29) is 5.91 Å². The fourth-order valence-corrected chi connectivity index (χ4v) is 2.22. The maximum absolute atomic E-state index is 11.8. The minimum Gasteiger partial charge on any atom is -0.352 e. The maximum Gasteiger partial charge on any atom is 0.252 e. The minimum atomic E-state index is -0.129. The SMILES string of the molecule is O=C(NCC[C@H]1CCCN1)c1ccncc1Cl. The molecule has 17 heavy (non-hydrogen) atoms. The molecule has 2 rings (SSSR count). The molecule has 1 aromatic rings. The van der Waals surface area contributed by atoms with Crippen LogP contribution < -0.4 is 10.6 Å². The molecule has 0 bridgehead atoms. The second-order valence-corrected chi connectivity index (χ2v) is 4.60. The zero-order valence-electron chi connectivity index (χ0n) is 9.58. The van der Waals surface area contributed by atoms with E-state index in [0.717, 1.165) is 13.0 Å². The molecule has 2 heterocycles. The first kappa shape index (κ1) is 12.3. The van der Waals surface area contributed by atoms with Crippen LogP contribution in [0.3, 0.4) is 0 Å². The molecule has 0 aromatic carbocycles. The van der Waals surface area contributed by atoms with Gasteiger partial charge in [-0.3, -0.25) is 9.78 Å². The smallest absolute Gasteiger partial charge is 0.252 e. The number of rotatable bonds is 4. The van der Waals surface area contributed by atoms with E-state index in [2.05, 4.69) is 15.6 Å². The minimum absolute atomic E-state index is 0.129. The van der Waals surface area contributed by atoms with Crippen LogP contribution in [0.4, 0.5) is 0 Å². The zero-order chi connectivity index (χ0) is 12.1. The van der Waals surface area contributed by atoms with E-state index in [1.165, 1.54) is 19.0 Å². The average Bonchev–Trinajstić information content (AvgIpc) is 2.82. The lowest BCUT2D eigenvalue weighted by Gasteiger charge is -2.11. The topological polar surface area (TPSA) is 54.0 Å². The predicted molar refractivity (Wildman–Crippen MR) is 67.2 cm³/mol. The quantitative estimate of drug-likeness (QED) is 0.857. The molecule has 1 aliphatic rings. The van der Waals surface area contributed by atoms with Gasteiger partial charge in [0.1, 0.15) is 0 Å². The highest BCUT2D eigenvalue weighted by Gasteiger charge is 2.14. The molecule has 0 unspecified atom stereocenters.